The van der Waals surface area contributed by atoms with Gasteiger partial charge in [0, 0.05) is 44.9 Å². The van der Waals surface area contributed by atoms with Crippen molar-refractivity contribution in [2.24, 2.45) is 12.0 Å². The highest BCUT2D eigenvalue weighted by Crippen LogP contribution is 2.29. The van der Waals surface area contributed by atoms with E-state index < -0.39 is 0 Å². The number of aryl methyl sites for hydroxylation is 2. The summed E-state index contributed by atoms with van der Waals surface area (Å²) in [4.78, 5) is 32.8. The van der Waals surface area contributed by atoms with Crippen LogP contribution in [-0.4, -0.2) is 88.2 Å². The van der Waals surface area contributed by atoms with E-state index in [2.05, 4.69) is 30.5 Å². The maximum atomic E-state index is 13.1. The summed E-state index contributed by atoms with van der Waals surface area (Å²) in [5.41, 5.74) is 1.98. The molecule has 178 valence electrons. The molecule has 34 heavy (non-hydrogen) atoms. The summed E-state index contributed by atoms with van der Waals surface area (Å²) in [5.74, 6) is 1.45. The Kier molecular flexibility index (Phi) is 5.75. The number of ether oxygens (including phenoxy) is 1. The maximum Gasteiger partial charge on any atom is 0.247 e. The van der Waals surface area contributed by atoms with Crippen molar-refractivity contribution in [3.8, 4) is 5.88 Å². The molecule has 2 aliphatic rings. The Labute approximate surface area is 195 Å². The van der Waals surface area contributed by atoms with Crippen LogP contribution in [0.25, 0.3) is 11.2 Å². The summed E-state index contributed by atoms with van der Waals surface area (Å²) in [6, 6.07) is -0.348. The molecule has 3 aromatic rings. The second-order valence-electron chi connectivity index (χ2n) is 8.55. The van der Waals surface area contributed by atoms with Crippen molar-refractivity contribution >= 4 is 29.0 Å². The SMILES string of the molecule is CCN=C(C)C(C=N)c1nc2c(OC3CCN(C(=O)C4CCc5nnnn54)C3)ncnc2n1C. The number of nitrogens with zero attached hydrogens (tertiary/aromatic N) is 10. The van der Waals surface area contributed by atoms with Crippen LogP contribution in [0.1, 0.15) is 50.3 Å². The fourth-order valence-electron chi connectivity index (χ4n) is 4.72. The standard InChI is InChI=1S/C21H27N11O2/c1-4-23-12(2)14(9-22)18-26-17-19(30(18)3)24-11-25-20(17)34-13-7-8-31(10-13)21(33)15-5-6-16-27-28-29-32(15)16/h9,11,13-15,22H,4-8,10H2,1-3H3. The van der Waals surface area contributed by atoms with Crippen molar-refractivity contribution in [3.63, 3.8) is 0 Å². The van der Waals surface area contributed by atoms with Gasteiger partial charge in [-0.25, -0.2) is 14.6 Å². The number of amides is 1. The largest absolute Gasteiger partial charge is 0.471 e. The van der Waals surface area contributed by atoms with E-state index in [-0.39, 0.29) is 24.0 Å². The molecule has 13 heteroatoms. The Morgan fingerprint density at radius 3 is 3.03 bits per heavy atom. The van der Waals surface area contributed by atoms with Crippen LogP contribution in [0.15, 0.2) is 11.3 Å². The molecule has 13 nitrogen and oxygen atoms in total. The lowest BCUT2D eigenvalue weighted by Crippen LogP contribution is -2.36. The molecular formula is C21H27N11O2. The van der Waals surface area contributed by atoms with Crippen molar-refractivity contribution < 1.29 is 9.53 Å². The maximum absolute atomic E-state index is 13.1. The first kappa shape index (κ1) is 22.0. The lowest BCUT2D eigenvalue weighted by molar-refractivity contribution is -0.134. The summed E-state index contributed by atoms with van der Waals surface area (Å²) in [7, 11) is 1.86. The summed E-state index contributed by atoms with van der Waals surface area (Å²) in [6.45, 7) is 5.56. The van der Waals surface area contributed by atoms with E-state index in [4.69, 9.17) is 15.1 Å². The first-order chi connectivity index (χ1) is 16.5. The summed E-state index contributed by atoms with van der Waals surface area (Å²) in [6.07, 6.45) is 4.67. The van der Waals surface area contributed by atoms with Crippen molar-refractivity contribution in [2.75, 3.05) is 19.6 Å². The Hall–Kier alpha value is -3.77. The second-order valence-corrected chi connectivity index (χ2v) is 8.55. The number of carbonyl (C=O) groups is 1. The first-order valence-corrected chi connectivity index (χ1v) is 11.4. The van der Waals surface area contributed by atoms with Gasteiger partial charge in [0.05, 0.1) is 12.5 Å². The van der Waals surface area contributed by atoms with Gasteiger partial charge in [-0.2, -0.15) is 4.98 Å². The molecule has 0 saturated carbocycles. The zero-order valence-electron chi connectivity index (χ0n) is 19.4. The predicted molar refractivity (Wildman–Crippen MR) is 122 cm³/mol. The number of fused-ring (bicyclic) bond motifs is 2. The molecule has 1 fully saturated rings. The van der Waals surface area contributed by atoms with Crippen LogP contribution >= 0.6 is 0 Å². The van der Waals surface area contributed by atoms with E-state index in [9.17, 15) is 4.79 Å². The normalized spacial score (nSPS) is 21.1. The average molecular weight is 466 g/mol. The molecular weight excluding hydrogens is 438 g/mol. The molecule has 2 aliphatic heterocycles. The summed E-state index contributed by atoms with van der Waals surface area (Å²) >= 11 is 0. The lowest BCUT2D eigenvalue weighted by Gasteiger charge is -2.20. The number of hydrogen-bond donors (Lipinski definition) is 1. The molecule has 1 saturated heterocycles. The van der Waals surface area contributed by atoms with Gasteiger partial charge in [-0.05, 0) is 30.7 Å². The minimum atomic E-state index is -0.353. The molecule has 1 N–H and O–H groups in total. The minimum absolute atomic E-state index is 0.0182. The topological polar surface area (TPSA) is 153 Å². The molecule has 0 aromatic carbocycles. The van der Waals surface area contributed by atoms with Crippen LogP contribution in [0.3, 0.4) is 0 Å². The molecule has 0 bridgehead atoms. The number of aliphatic imine (C=N–C) groups is 1. The van der Waals surface area contributed by atoms with Gasteiger partial charge in [0.15, 0.2) is 17.0 Å². The molecule has 3 unspecified atom stereocenters. The van der Waals surface area contributed by atoms with E-state index in [1.807, 2.05) is 30.4 Å². The molecule has 0 radical (unpaired) electrons. The molecule has 3 aromatic heterocycles. The molecule has 0 aliphatic carbocycles. The molecule has 0 spiro atoms. The van der Waals surface area contributed by atoms with Gasteiger partial charge in [-0.3, -0.25) is 9.79 Å². The Balaban J connectivity index is 1.34. The Morgan fingerprint density at radius 2 is 2.24 bits per heavy atom. The quantitative estimate of drug-likeness (QED) is 0.501. The van der Waals surface area contributed by atoms with E-state index in [1.165, 1.54) is 12.5 Å². The highest BCUT2D eigenvalue weighted by atomic mass is 16.5. The van der Waals surface area contributed by atoms with Gasteiger partial charge in [0.1, 0.15) is 24.3 Å². The summed E-state index contributed by atoms with van der Waals surface area (Å²) in [5, 5.41) is 19.5. The van der Waals surface area contributed by atoms with Gasteiger partial charge >= 0.3 is 0 Å². The van der Waals surface area contributed by atoms with Crippen LogP contribution in [0.4, 0.5) is 0 Å². The lowest BCUT2D eigenvalue weighted by atomic mass is 10.1. The van der Waals surface area contributed by atoms with Crippen LogP contribution in [-0.2, 0) is 18.3 Å². The Morgan fingerprint density at radius 1 is 1.38 bits per heavy atom. The van der Waals surface area contributed by atoms with E-state index in [0.29, 0.717) is 61.8 Å². The zero-order valence-corrected chi connectivity index (χ0v) is 19.4. The van der Waals surface area contributed by atoms with E-state index in [0.717, 1.165) is 11.5 Å². The van der Waals surface area contributed by atoms with Crippen LogP contribution in [0.2, 0.25) is 0 Å². The third-order valence-electron chi connectivity index (χ3n) is 6.48. The van der Waals surface area contributed by atoms with Crippen molar-refractivity contribution in [2.45, 2.75) is 51.2 Å². The smallest absolute Gasteiger partial charge is 0.247 e. The third-order valence-corrected chi connectivity index (χ3v) is 6.48. The van der Waals surface area contributed by atoms with Crippen LogP contribution < -0.4 is 4.74 Å². The Bertz CT molecular complexity index is 1260. The molecule has 1 amide bonds. The highest BCUT2D eigenvalue weighted by Gasteiger charge is 2.37. The number of hydrogen-bond acceptors (Lipinski definition) is 10. The average Bonchev–Trinajstić information content (AvgIpc) is 3.60. The van der Waals surface area contributed by atoms with Gasteiger partial charge < -0.3 is 19.6 Å². The van der Waals surface area contributed by atoms with E-state index >= 15 is 0 Å². The number of aromatic nitrogens is 8. The minimum Gasteiger partial charge on any atom is -0.471 e. The van der Waals surface area contributed by atoms with Crippen LogP contribution in [0, 0.1) is 5.41 Å². The van der Waals surface area contributed by atoms with Crippen molar-refractivity contribution in [1.29, 1.82) is 5.41 Å². The first-order valence-electron chi connectivity index (χ1n) is 11.4. The van der Waals surface area contributed by atoms with Crippen molar-refractivity contribution in [1.82, 2.24) is 44.6 Å². The molecule has 3 atom stereocenters. The van der Waals surface area contributed by atoms with Crippen molar-refractivity contribution in [3.05, 3.63) is 18.0 Å². The van der Waals surface area contributed by atoms with Gasteiger partial charge in [0.25, 0.3) is 0 Å². The number of rotatable bonds is 7. The fraction of sp³-hybridized carbons (Fsp3) is 0.571. The number of imidazole rings is 1. The highest BCUT2D eigenvalue weighted by molar-refractivity contribution is 6.01. The second kappa shape index (κ2) is 8.88. The third kappa shape index (κ3) is 3.70. The number of likely N-dealkylation sites (tertiary alicyclic amines) is 1. The predicted octanol–water partition coefficient (Wildman–Crippen LogP) is 0.731. The van der Waals surface area contributed by atoms with E-state index in [1.54, 1.807) is 4.68 Å². The van der Waals surface area contributed by atoms with Gasteiger partial charge in [-0.1, -0.05) is 0 Å². The van der Waals surface area contributed by atoms with Crippen LogP contribution in [0.5, 0.6) is 5.88 Å². The monoisotopic (exact) mass is 465 g/mol. The molecule has 5 rings (SSSR count). The van der Waals surface area contributed by atoms with Gasteiger partial charge in [0.2, 0.25) is 11.8 Å². The fourth-order valence-corrected chi connectivity index (χ4v) is 4.72. The van der Waals surface area contributed by atoms with Gasteiger partial charge in [-0.15, -0.1) is 5.10 Å². The summed E-state index contributed by atoms with van der Waals surface area (Å²) < 4.78 is 9.70. The number of carbonyl (C=O) groups excluding carboxylic acids is 1. The zero-order chi connectivity index (χ0) is 23.8. The molecule has 5 heterocycles. The number of tetrazole rings is 1. The number of nitrogens with one attached hydrogen (secondary N) is 1.